The molecule has 0 amide bonds. The van der Waals surface area contributed by atoms with E-state index in [4.69, 9.17) is 11.6 Å². The molecule has 0 N–H and O–H groups in total. The van der Waals surface area contributed by atoms with Crippen LogP contribution in [0.3, 0.4) is 0 Å². The molecular weight excluding hydrogens is 280 g/mol. The van der Waals surface area contributed by atoms with Crippen molar-refractivity contribution in [3.63, 3.8) is 0 Å². The molecule has 21 heavy (non-hydrogen) atoms. The number of halogens is 1. The minimum Gasteiger partial charge on any atom is -0.341 e. The largest absolute Gasteiger partial charge is 0.341 e. The first-order chi connectivity index (χ1) is 10.3. The average molecular weight is 303 g/mol. The van der Waals surface area contributed by atoms with E-state index < -0.39 is 0 Å². The molecule has 2 aromatic rings. The maximum absolute atomic E-state index is 6.24. The maximum atomic E-state index is 6.24. The predicted octanol–water partition coefficient (Wildman–Crippen LogP) is 4.79. The smallest absolute Gasteiger partial charge is 0.0504 e. The first-order valence-corrected chi connectivity index (χ1v) is 8.72. The molecule has 112 valence electrons. The summed E-state index contributed by atoms with van der Waals surface area (Å²) in [6.45, 7) is 5.85. The van der Waals surface area contributed by atoms with Gasteiger partial charge in [-0.1, -0.05) is 31.0 Å². The number of aryl methyl sites for hydroxylation is 1. The van der Waals surface area contributed by atoms with Crippen LogP contribution in [0, 0.1) is 0 Å². The first kappa shape index (κ1) is 13.7. The fourth-order valence-corrected chi connectivity index (χ4v) is 4.44. The van der Waals surface area contributed by atoms with Gasteiger partial charge in [0.1, 0.15) is 0 Å². The van der Waals surface area contributed by atoms with Crippen molar-refractivity contribution in [2.75, 3.05) is 13.1 Å². The van der Waals surface area contributed by atoms with Crippen LogP contribution in [-0.2, 0) is 13.0 Å². The van der Waals surface area contributed by atoms with Gasteiger partial charge in [0, 0.05) is 29.2 Å². The van der Waals surface area contributed by atoms with Crippen molar-refractivity contribution in [1.29, 1.82) is 0 Å². The summed E-state index contributed by atoms with van der Waals surface area (Å²) in [4.78, 5) is 2.72. The van der Waals surface area contributed by atoms with Gasteiger partial charge in [-0.25, -0.2) is 0 Å². The lowest BCUT2D eigenvalue weighted by Gasteiger charge is -2.40. The molecule has 4 rings (SSSR count). The molecule has 0 fully saturated rings. The molecule has 0 saturated carbocycles. The average Bonchev–Trinajstić information content (AvgIpc) is 2.82. The summed E-state index contributed by atoms with van der Waals surface area (Å²) >= 11 is 6.24. The van der Waals surface area contributed by atoms with E-state index in [0.717, 1.165) is 11.6 Å². The van der Waals surface area contributed by atoms with Crippen molar-refractivity contribution < 1.29 is 0 Å². The summed E-state index contributed by atoms with van der Waals surface area (Å²) in [7, 11) is 0. The van der Waals surface area contributed by atoms with E-state index in [1.807, 2.05) is 6.07 Å². The van der Waals surface area contributed by atoms with Gasteiger partial charge in [0.15, 0.2) is 0 Å². The molecule has 1 unspecified atom stereocenters. The van der Waals surface area contributed by atoms with Crippen molar-refractivity contribution in [2.24, 2.45) is 0 Å². The molecule has 3 heteroatoms. The molecule has 1 atom stereocenters. The summed E-state index contributed by atoms with van der Waals surface area (Å²) in [6, 6.07) is 7.08. The molecule has 2 aliphatic rings. The topological polar surface area (TPSA) is 8.17 Å². The summed E-state index contributed by atoms with van der Waals surface area (Å²) in [5.41, 5.74) is 4.55. The van der Waals surface area contributed by atoms with E-state index in [2.05, 4.69) is 28.5 Å². The Bertz CT molecular complexity index is 673. The van der Waals surface area contributed by atoms with E-state index in [-0.39, 0.29) is 0 Å². The number of hydrogen-bond acceptors (Lipinski definition) is 1. The maximum Gasteiger partial charge on any atom is 0.0504 e. The van der Waals surface area contributed by atoms with E-state index in [9.17, 15) is 0 Å². The molecular formula is C18H23ClN2. The van der Waals surface area contributed by atoms with Gasteiger partial charge >= 0.3 is 0 Å². The number of unbranched alkanes of at least 4 members (excludes halogenated alkanes) is 1. The Balaban J connectivity index is 1.84. The van der Waals surface area contributed by atoms with Crippen molar-refractivity contribution in [1.82, 2.24) is 9.47 Å². The number of fused-ring (bicyclic) bond motifs is 3. The Morgan fingerprint density at radius 3 is 3.05 bits per heavy atom. The Kier molecular flexibility index (Phi) is 3.47. The van der Waals surface area contributed by atoms with E-state index in [1.54, 1.807) is 11.3 Å². The van der Waals surface area contributed by atoms with Crippen molar-refractivity contribution >= 4 is 22.5 Å². The van der Waals surface area contributed by atoms with Gasteiger partial charge in [0.25, 0.3) is 0 Å². The van der Waals surface area contributed by atoms with Crippen LogP contribution in [0.2, 0.25) is 5.02 Å². The summed E-state index contributed by atoms with van der Waals surface area (Å²) in [6.07, 6.45) is 6.48. The lowest BCUT2D eigenvalue weighted by molar-refractivity contribution is 0.139. The molecule has 1 aliphatic carbocycles. The molecule has 1 aromatic carbocycles. The zero-order valence-corrected chi connectivity index (χ0v) is 13.5. The highest BCUT2D eigenvalue weighted by Crippen LogP contribution is 2.42. The van der Waals surface area contributed by atoms with Gasteiger partial charge in [0.2, 0.25) is 0 Å². The van der Waals surface area contributed by atoms with Crippen molar-refractivity contribution in [3.8, 4) is 0 Å². The van der Waals surface area contributed by atoms with Gasteiger partial charge in [-0.2, -0.15) is 0 Å². The van der Waals surface area contributed by atoms with Crippen LogP contribution in [-0.4, -0.2) is 22.6 Å². The van der Waals surface area contributed by atoms with Gasteiger partial charge in [-0.15, -0.1) is 0 Å². The number of rotatable bonds is 3. The van der Waals surface area contributed by atoms with Crippen LogP contribution in [0.5, 0.6) is 0 Å². The fraction of sp³-hybridized carbons (Fsp3) is 0.556. The SMILES string of the molecule is CCCCN1CCn2c3c(c4ccc(Cl)cc42)CCCC31. The molecule has 1 aliphatic heterocycles. The quantitative estimate of drug-likeness (QED) is 0.791. The Labute approximate surface area is 131 Å². The van der Waals surface area contributed by atoms with Gasteiger partial charge in [-0.3, -0.25) is 4.90 Å². The lowest BCUT2D eigenvalue weighted by Crippen LogP contribution is -2.40. The second kappa shape index (κ2) is 5.33. The minimum absolute atomic E-state index is 0.639. The Morgan fingerprint density at radius 1 is 1.29 bits per heavy atom. The fourth-order valence-electron chi connectivity index (χ4n) is 4.28. The molecule has 0 saturated heterocycles. The molecule has 2 heterocycles. The zero-order valence-electron chi connectivity index (χ0n) is 12.7. The minimum atomic E-state index is 0.639. The second-order valence-electron chi connectivity index (χ2n) is 6.47. The summed E-state index contributed by atoms with van der Waals surface area (Å²) < 4.78 is 2.56. The molecule has 2 nitrogen and oxygen atoms in total. The Morgan fingerprint density at radius 2 is 2.19 bits per heavy atom. The first-order valence-electron chi connectivity index (χ1n) is 8.34. The molecule has 0 spiro atoms. The van der Waals surface area contributed by atoms with Crippen LogP contribution in [0.15, 0.2) is 18.2 Å². The summed E-state index contributed by atoms with van der Waals surface area (Å²) in [5, 5.41) is 2.30. The van der Waals surface area contributed by atoms with E-state index in [0.29, 0.717) is 6.04 Å². The van der Waals surface area contributed by atoms with Gasteiger partial charge < -0.3 is 4.57 Å². The van der Waals surface area contributed by atoms with Crippen molar-refractivity contribution in [3.05, 3.63) is 34.5 Å². The third-order valence-corrected chi connectivity index (χ3v) is 5.48. The van der Waals surface area contributed by atoms with Gasteiger partial charge in [-0.05, 0) is 49.9 Å². The molecule has 1 aromatic heterocycles. The standard InChI is InChI=1S/C18H23ClN2/c1-2-3-9-20-10-11-21-17-12-13(19)7-8-14(17)15-5-4-6-16(20)18(15)21/h7-8,12,16H,2-6,9-11H2,1H3. The van der Waals surface area contributed by atoms with Crippen LogP contribution >= 0.6 is 11.6 Å². The normalized spacial score (nSPS) is 21.7. The number of nitrogens with zero attached hydrogens (tertiary/aromatic N) is 2. The highest BCUT2D eigenvalue weighted by Gasteiger charge is 2.34. The lowest BCUT2D eigenvalue weighted by atomic mass is 9.89. The monoisotopic (exact) mass is 302 g/mol. The third-order valence-electron chi connectivity index (χ3n) is 5.25. The predicted molar refractivity (Wildman–Crippen MR) is 89.1 cm³/mol. The van der Waals surface area contributed by atoms with E-state index >= 15 is 0 Å². The number of hydrogen-bond donors (Lipinski definition) is 0. The summed E-state index contributed by atoms with van der Waals surface area (Å²) in [5.74, 6) is 0. The van der Waals surface area contributed by atoms with Crippen LogP contribution in [0.25, 0.3) is 10.9 Å². The highest BCUT2D eigenvalue weighted by molar-refractivity contribution is 6.31. The van der Waals surface area contributed by atoms with Crippen LogP contribution in [0.4, 0.5) is 0 Å². The van der Waals surface area contributed by atoms with Crippen LogP contribution < -0.4 is 0 Å². The number of aromatic nitrogens is 1. The van der Waals surface area contributed by atoms with Gasteiger partial charge in [0.05, 0.1) is 11.6 Å². The van der Waals surface area contributed by atoms with Crippen LogP contribution in [0.1, 0.15) is 49.9 Å². The zero-order chi connectivity index (χ0) is 14.4. The molecule has 0 bridgehead atoms. The van der Waals surface area contributed by atoms with E-state index in [1.165, 1.54) is 56.1 Å². The second-order valence-corrected chi connectivity index (χ2v) is 6.91. The molecule has 0 radical (unpaired) electrons. The highest BCUT2D eigenvalue weighted by atomic mass is 35.5. The third kappa shape index (κ3) is 2.11. The Hall–Kier alpha value is -0.990. The van der Waals surface area contributed by atoms with Crippen molar-refractivity contribution in [2.45, 2.75) is 51.6 Å². The number of benzene rings is 1.